The number of ether oxygens (including phenoxy) is 2. The van der Waals surface area contributed by atoms with E-state index in [9.17, 15) is 4.79 Å². The van der Waals surface area contributed by atoms with Crippen LogP contribution in [0.3, 0.4) is 0 Å². The largest absolute Gasteiger partial charge is 0.494 e. The van der Waals surface area contributed by atoms with Gasteiger partial charge in [0.1, 0.15) is 5.75 Å². The Hall–Kier alpha value is -2.03. The molecule has 0 aliphatic carbocycles. The molecule has 0 saturated heterocycles. The maximum Gasteiger partial charge on any atom is 0.330 e. The van der Waals surface area contributed by atoms with E-state index in [1.54, 1.807) is 13.0 Å². The van der Waals surface area contributed by atoms with Crippen LogP contribution in [0.25, 0.3) is 6.08 Å². The van der Waals surface area contributed by atoms with Crippen molar-refractivity contribution in [1.29, 1.82) is 0 Å². The molecule has 1 aromatic rings. The molecule has 0 amide bonds. The fourth-order valence-corrected chi connectivity index (χ4v) is 1.89. The van der Waals surface area contributed by atoms with Crippen molar-refractivity contribution in [2.75, 3.05) is 13.2 Å². The number of carbonyl (C=O) groups is 1. The van der Waals surface area contributed by atoms with E-state index in [4.69, 9.17) is 9.47 Å². The van der Waals surface area contributed by atoms with Gasteiger partial charge in [-0.05, 0) is 31.0 Å². The van der Waals surface area contributed by atoms with Crippen molar-refractivity contribution in [2.45, 2.75) is 39.5 Å². The van der Waals surface area contributed by atoms with Gasteiger partial charge in [0, 0.05) is 6.08 Å². The molecule has 0 saturated carbocycles. The maximum atomic E-state index is 11.1. The molecule has 0 radical (unpaired) electrons. The topological polar surface area (TPSA) is 35.5 Å². The highest BCUT2D eigenvalue weighted by atomic mass is 16.5. The number of benzene rings is 1. The average molecular weight is 302 g/mol. The minimum atomic E-state index is -0.320. The van der Waals surface area contributed by atoms with Crippen LogP contribution in [0.2, 0.25) is 0 Å². The van der Waals surface area contributed by atoms with E-state index in [0.29, 0.717) is 6.61 Å². The lowest BCUT2D eigenvalue weighted by atomic mass is 10.2. The van der Waals surface area contributed by atoms with Crippen molar-refractivity contribution < 1.29 is 14.3 Å². The third-order valence-corrected chi connectivity index (χ3v) is 3.07. The maximum absolute atomic E-state index is 11.1. The van der Waals surface area contributed by atoms with E-state index >= 15 is 0 Å². The van der Waals surface area contributed by atoms with Gasteiger partial charge >= 0.3 is 5.97 Å². The first kappa shape index (κ1) is 18.0. The van der Waals surface area contributed by atoms with Crippen LogP contribution in [0.1, 0.15) is 45.1 Å². The van der Waals surface area contributed by atoms with Gasteiger partial charge in [-0.25, -0.2) is 4.79 Å². The van der Waals surface area contributed by atoms with E-state index in [1.807, 2.05) is 36.4 Å². The molecule has 120 valence electrons. The van der Waals surface area contributed by atoms with Crippen LogP contribution in [0.5, 0.6) is 5.75 Å². The number of rotatable bonds is 10. The number of unbranched alkanes of at least 4 members (excludes halogenated alkanes) is 3. The molecular weight excluding hydrogens is 276 g/mol. The first-order chi connectivity index (χ1) is 10.8. The van der Waals surface area contributed by atoms with E-state index in [-0.39, 0.29) is 5.97 Å². The Bertz CT molecular complexity index is 472. The third kappa shape index (κ3) is 8.30. The lowest BCUT2D eigenvalue weighted by Crippen LogP contribution is -1.98. The molecule has 0 bridgehead atoms. The van der Waals surface area contributed by atoms with Gasteiger partial charge in [0.25, 0.3) is 0 Å². The van der Waals surface area contributed by atoms with Crippen LogP contribution in [0.4, 0.5) is 0 Å². The summed E-state index contributed by atoms with van der Waals surface area (Å²) in [5.74, 6) is 0.578. The summed E-state index contributed by atoms with van der Waals surface area (Å²) in [6.45, 7) is 5.16. The molecule has 0 aliphatic rings. The number of hydrogen-bond acceptors (Lipinski definition) is 3. The van der Waals surface area contributed by atoms with Crippen LogP contribution in [-0.4, -0.2) is 19.2 Å². The quantitative estimate of drug-likeness (QED) is 0.270. The van der Waals surface area contributed by atoms with Crippen molar-refractivity contribution in [3.05, 3.63) is 48.1 Å². The van der Waals surface area contributed by atoms with E-state index in [1.165, 1.54) is 25.3 Å². The second kappa shape index (κ2) is 11.6. The molecule has 1 aromatic carbocycles. The summed E-state index contributed by atoms with van der Waals surface area (Å²) in [5, 5.41) is 0. The first-order valence-electron chi connectivity index (χ1n) is 8.00. The molecule has 0 spiro atoms. The van der Waals surface area contributed by atoms with Gasteiger partial charge in [0.05, 0.1) is 13.2 Å². The highest BCUT2D eigenvalue weighted by Crippen LogP contribution is 2.14. The van der Waals surface area contributed by atoms with Crippen LogP contribution in [0.15, 0.2) is 42.5 Å². The molecule has 0 heterocycles. The highest BCUT2D eigenvalue weighted by molar-refractivity contribution is 5.82. The predicted octanol–water partition coefficient (Wildman–Crippen LogP) is 4.78. The zero-order chi connectivity index (χ0) is 16.0. The molecule has 3 heteroatoms. The number of esters is 1. The molecule has 0 unspecified atom stereocenters. The molecule has 0 aliphatic heterocycles. The SMILES string of the molecule is CCCCCCOc1ccc(C=CC=CC(=O)OCC)cc1. The Morgan fingerprint density at radius 2 is 1.82 bits per heavy atom. The summed E-state index contributed by atoms with van der Waals surface area (Å²) in [4.78, 5) is 11.1. The average Bonchev–Trinajstić information content (AvgIpc) is 2.53. The molecular formula is C19H26O3. The Morgan fingerprint density at radius 1 is 1.05 bits per heavy atom. The Balaban J connectivity index is 2.33. The van der Waals surface area contributed by atoms with E-state index in [0.717, 1.165) is 24.3 Å². The van der Waals surface area contributed by atoms with Crippen molar-refractivity contribution >= 4 is 12.0 Å². The lowest BCUT2D eigenvalue weighted by molar-refractivity contribution is -0.137. The summed E-state index contributed by atoms with van der Waals surface area (Å²) in [5.41, 5.74) is 1.06. The van der Waals surface area contributed by atoms with Gasteiger partial charge in [0.15, 0.2) is 0 Å². The number of carbonyl (C=O) groups excluding carboxylic acids is 1. The second-order valence-electron chi connectivity index (χ2n) is 4.95. The summed E-state index contributed by atoms with van der Waals surface area (Å²) >= 11 is 0. The monoisotopic (exact) mass is 302 g/mol. The standard InChI is InChI=1S/C19H26O3/c1-3-5-6-9-16-22-18-14-12-17(13-15-18)10-7-8-11-19(20)21-4-2/h7-8,10-15H,3-6,9,16H2,1-2H3. The second-order valence-corrected chi connectivity index (χ2v) is 4.95. The van der Waals surface area contributed by atoms with E-state index < -0.39 is 0 Å². The molecule has 0 fully saturated rings. The molecule has 0 N–H and O–H groups in total. The molecule has 0 atom stereocenters. The first-order valence-corrected chi connectivity index (χ1v) is 8.00. The summed E-state index contributed by atoms with van der Waals surface area (Å²) < 4.78 is 10.5. The van der Waals surface area contributed by atoms with Crippen LogP contribution in [-0.2, 0) is 9.53 Å². The van der Waals surface area contributed by atoms with Gasteiger partial charge in [-0.15, -0.1) is 0 Å². The Kier molecular flexibility index (Phi) is 9.51. The Morgan fingerprint density at radius 3 is 2.50 bits per heavy atom. The van der Waals surface area contributed by atoms with Gasteiger partial charge in [-0.1, -0.05) is 56.5 Å². The normalized spacial score (nSPS) is 11.2. The van der Waals surface area contributed by atoms with Gasteiger partial charge in [-0.2, -0.15) is 0 Å². The molecule has 22 heavy (non-hydrogen) atoms. The highest BCUT2D eigenvalue weighted by Gasteiger charge is 1.94. The van der Waals surface area contributed by atoms with Gasteiger partial charge in [-0.3, -0.25) is 0 Å². The van der Waals surface area contributed by atoms with Crippen molar-refractivity contribution in [3.63, 3.8) is 0 Å². The number of hydrogen-bond donors (Lipinski definition) is 0. The fraction of sp³-hybridized carbons (Fsp3) is 0.421. The molecule has 1 rings (SSSR count). The lowest BCUT2D eigenvalue weighted by Gasteiger charge is -2.05. The zero-order valence-corrected chi connectivity index (χ0v) is 13.6. The van der Waals surface area contributed by atoms with Crippen LogP contribution in [0, 0.1) is 0 Å². The summed E-state index contributed by atoms with van der Waals surface area (Å²) in [6.07, 6.45) is 11.7. The van der Waals surface area contributed by atoms with Crippen molar-refractivity contribution in [1.82, 2.24) is 0 Å². The van der Waals surface area contributed by atoms with Gasteiger partial charge in [0.2, 0.25) is 0 Å². The third-order valence-electron chi connectivity index (χ3n) is 3.07. The minimum Gasteiger partial charge on any atom is -0.494 e. The zero-order valence-electron chi connectivity index (χ0n) is 13.6. The van der Waals surface area contributed by atoms with Crippen LogP contribution >= 0.6 is 0 Å². The van der Waals surface area contributed by atoms with Crippen LogP contribution < -0.4 is 4.74 Å². The molecule has 3 nitrogen and oxygen atoms in total. The van der Waals surface area contributed by atoms with E-state index in [2.05, 4.69) is 6.92 Å². The molecule has 0 aromatic heterocycles. The predicted molar refractivity (Wildman–Crippen MR) is 90.9 cm³/mol. The summed E-state index contributed by atoms with van der Waals surface area (Å²) in [7, 11) is 0. The van der Waals surface area contributed by atoms with Crippen molar-refractivity contribution in [2.24, 2.45) is 0 Å². The summed E-state index contributed by atoms with van der Waals surface area (Å²) in [6, 6.07) is 7.93. The minimum absolute atomic E-state index is 0.320. The fourth-order valence-electron chi connectivity index (χ4n) is 1.89. The smallest absolute Gasteiger partial charge is 0.330 e. The Labute approximate surface area is 133 Å². The number of allylic oxidation sites excluding steroid dienone is 2. The van der Waals surface area contributed by atoms with Crippen molar-refractivity contribution in [3.8, 4) is 5.75 Å². The van der Waals surface area contributed by atoms with Gasteiger partial charge < -0.3 is 9.47 Å².